The van der Waals surface area contributed by atoms with Gasteiger partial charge < -0.3 is 15.4 Å². The molecule has 2 N–H and O–H groups in total. The highest BCUT2D eigenvalue weighted by Gasteiger charge is 2.33. The summed E-state index contributed by atoms with van der Waals surface area (Å²) in [6.07, 6.45) is -2.43. The SMILES string of the molecule is CC1CC(NCc2ccc(NC(=O)c3ccc(Cl)c(C(F)(F)F)c3)cc2)CCO1. The zero-order valence-electron chi connectivity index (χ0n) is 15.9. The molecule has 0 saturated carbocycles. The minimum atomic E-state index is -4.62. The first kappa shape index (κ1) is 21.6. The Balaban J connectivity index is 1.59. The van der Waals surface area contributed by atoms with Gasteiger partial charge in [0.05, 0.1) is 16.7 Å². The van der Waals surface area contributed by atoms with Crippen molar-refractivity contribution in [3.05, 3.63) is 64.2 Å². The van der Waals surface area contributed by atoms with Gasteiger partial charge in [0.2, 0.25) is 0 Å². The van der Waals surface area contributed by atoms with Crippen LogP contribution in [0.4, 0.5) is 18.9 Å². The Morgan fingerprint density at radius 3 is 2.59 bits per heavy atom. The Labute approximate surface area is 172 Å². The fraction of sp³-hybridized carbons (Fsp3) is 0.381. The maximum atomic E-state index is 13.0. The molecule has 2 aromatic carbocycles. The van der Waals surface area contributed by atoms with Crippen LogP contribution in [0.1, 0.15) is 41.3 Å². The summed E-state index contributed by atoms with van der Waals surface area (Å²) in [7, 11) is 0. The van der Waals surface area contributed by atoms with E-state index in [1.165, 1.54) is 6.07 Å². The van der Waals surface area contributed by atoms with Crippen molar-refractivity contribution in [1.29, 1.82) is 0 Å². The van der Waals surface area contributed by atoms with Gasteiger partial charge >= 0.3 is 6.18 Å². The zero-order valence-corrected chi connectivity index (χ0v) is 16.6. The Morgan fingerprint density at radius 1 is 1.21 bits per heavy atom. The van der Waals surface area contributed by atoms with Crippen LogP contribution in [0, 0.1) is 0 Å². The topological polar surface area (TPSA) is 50.4 Å². The van der Waals surface area contributed by atoms with E-state index in [1.54, 1.807) is 12.1 Å². The Kier molecular flexibility index (Phi) is 6.82. The molecular formula is C21H22ClF3N2O2. The second-order valence-corrected chi connectivity index (χ2v) is 7.53. The van der Waals surface area contributed by atoms with Gasteiger partial charge in [-0.25, -0.2) is 0 Å². The molecule has 1 heterocycles. The number of halogens is 4. The van der Waals surface area contributed by atoms with Crippen LogP contribution in [0.3, 0.4) is 0 Å². The molecule has 1 saturated heterocycles. The highest BCUT2D eigenvalue weighted by atomic mass is 35.5. The van der Waals surface area contributed by atoms with Crippen molar-refractivity contribution in [2.75, 3.05) is 11.9 Å². The van der Waals surface area contributed by atoms with Gasteiger partial charge in [-0.1, -0.05) is 23.7 Å². The monoisotopic (exact) mass is 426 g/mol. The smallest absolute Gasteiger partial charge is 0.378 e. The van der Waals surface area contributed by atoms with Crippen molar-refractivity contribution in [2.24, 2.45) is 0 Å². The lowest BCUT2D eigenvalue weighted by Crippen LogP contribution is -2.37. The van der Waals surface area contributed by atoms with Crippen molar-refractivity contribution in [2.45, 2.75) is 44.6 Å². The van der Waals surface area contributed by atoms with Gasteiger partial charge in [-0.05, 0) is 55.7 Å². The first-order valence-electron chi connectivity index (χ1n) is 9.34. The van der Waals surface area contributed by atoms with E-state index in [4.69, 9.17) is 16.3 Å². The van der Waals surface area contributed by atoms with Crippen molar-refractivity contribution in [3.8, 4) is 0 Å². The number of hydrogen-bond donors (Lipinski definition) is 2. The fourth-order valence-electron chi connectivity index (χ4n) is 3.24. The molecule has 2 aromatic rings. The zero-order chi connectivity index (χ0) is 21.0. The molecule has 0 bridgehead atoms. The third kappa shape index (κ3) is 5.95. The molecule has 1 fully saturated rings. The number of rotatable bonds is 5. The third-order valence-electron chi connectivity index (χ3n) is 4.83. The van der Waals surface area contributed by atoms with Gasteiger partial charge in [0.15, 0.2) is 0 Å². The number of amides is 1. The summed E-state index contributed by atoms with van der Waals surface area (Å²) in [6.45, 7) is 3.51. The number of alkyl halides is 3. The van der Waals surface area contributed by atoms with Crippen molar-refractivity contribution >= 4 is 23.2 Å². The molecule has 2 atom stereocenters. The van der Waals surface area contributed by atoms with E-state index in [-0.39, 0.29) is 11.7 Å². The average Bonchev–Trinajstić information content (AvgIpc) is 2.67. The van der Waals surface area contributed by atoms with E-state index in [1.807, 2.05) is 12.1 Å². The number of ether oxygens (including phenoxy) is 1. The van der Waals surface area contributed by atoms with Crippen LogP contribution >= 0.6 is 11.6 Å². The molecule has 8 heteroatoms. The second-order valence-electron chi connectivity index (χ2n) is 7.13. The summed E-state index contributed by atoms with van der Waals surface area (Å²) in [5.74, 6) is -0.630. The van der Waals surface area contributed by atoms with Crippen LogP contribution in [0.5, 0.6) is 0 Å². The normalized spacial score (nSPS) is 19.8. The Bertz CT molecular complexity index is 856. The number of nitrogens with one attached hydrogen (secondary N) is 2. The molecular weight excluding hydrogens is 405 g/mol. The van der Waals surface area contributed by atoms with Gasteiger partial charge in [-0.3, -0.25) is 4.79 Å². The lowest BCUT2D eigenvalue weighted by Gasteiger charge is -2.28. The molecule has 29 heavy (non-hydrogen) atoms. The van der Waals surface area contributed by atoms with E-state index in [9.17, 15) is 18.0 Å². The lowest BCUT2D eigenvalue weighted by atomic mass is 10.0. The van der Waals surface area contributed by atoms with Gasteiger partial charge in [0.25, 0.3) is 5.91 Å². The minimum Gasteiger partial charge on any atom is -0.378 e. The second kappa shape index (κ2) is 9.15. The quantitative estimate of drug-likeness (QED) is 0.685. The van der Waals surface area contributed by atoms with Crippen LogP contribution in [-0.4, -0.2) is 24.7 Å². The van der Waals surface area contributed by atoms with Gasteiger partial charge in [-0.15, -0.1) is 0 Å². The van der Waals surface area contributed by atoms with E-state index < -0.39 is 22.7 Å². The van der Waals surface area contributed by atoms with Crippen LogP contribution in [0.15, 0.2) is 42.5 Å². The first-order chi connectivity index (χ1) is 13.7. The molecule has 1 amide bonds. The molecule has 0 aromatic heterocycles. The summed E-state index contributed by atoms with van der Waals surface area (Å²) < 4.78 is 44.4. The van der Waals surface area contributed by atoms with E-state index in [0.717, 1.165) is 37.1 Å². The van der Waals surface area contributed by atoms with Crippen LogP contribution in [-0.2, 0) is 17.5 Å². The van der Waals surface area contributed by atoms with E-state index in [2.05, 4.69) is 17.6 Å². The maximum absolute atomic E-state index is 13.0. The standard InChI is InChI=1S/C21H22ClF3N2O2/c1-13-10-17(8-9-29-13)26-12-14-2-5-16(6-3-14)27-20(28)15-4-7-19(22)18(11-15)21(23,24)25/h2-7,11,13,17,26H,8-10,12H2,1H3,(H,27,28). The lowest BCUT2D eigenvalue weighted by molar-refractivity contribution is -0.137. The molecule has 1 aliphatic rings. The van der Waals surface area contributed by atoms with Crippen molar-refractivity contribution in [1.82, 2.24) is 5.32 Å². The fourth-order valence-corrected chi connectivity index (χ4v) is 3.46. The summed E-state index contributed by atoms with van der Waals surface area (Å²) in [4.78, 5) is 12.3. The number of carbonyl (C=O) groups is 1. The molecule has 3 rings (SSSR count). The summed E-state index contributed by atoms with van der Waals surface area (Å²) in [5, 5.41) is 5.66. The molecule has 0 aliphatic carbocycles. The average molecular weight is 427 g/mol. The predicted molar refractivity (Wildman–Crippen MR) is 106 cm³/mol. The molecule has 1 aliphatic heterocycles. The van der Waals surface area contributed by atoms with Crippen molar-refractivity contribution in [3.63, 3.8) is 0 Å². The summed E-state index contributed by atoms with van der Waals surface area (Å²) >= 11 is 5.59. The predicted octanol–water partition coefficient (Wildman–Crippen LogP) is 5.27. The van der Waals surface area contributed by atoms with Crippen LogP contribution in [0.25, 0.3) is 0 Å². The largest absolute Gasteiger partial charge is 0.417 e. The van der Waals surface area contributed by atoms with Crippen LogP contribution < -0.4 is 10.6 Å². The molecule has 156 valence electrons. The highest BCUT2D eigenvalue weighted by molar-refractivity contribution is 6.31. The summed E-state index contributed by atoms with van der Waals surface area (Å²) in [6, 6.07) is 10.7. The molecule has 2 unspecified atom stereocenters. The summed E-state index contributed by atoms with van der Waals surface area (Å²) in [5.41, 5.74) is 0.409. The van der Waals surface area contributed by atoms with Gasteiger partial charge in [-0.2, -0.15) is 13.2 Å². The maximum Gasteiger partial charge on any atom is 0.417 e. The van der Waals surface area contributed by atoms with Gasteiger partial charge in [0, 0.05) is 30.4 Å². The van der Waals surface area contributed by atoms with E-state index in [0.29, 0.717) is 18.3 Å². The minimum absolute atomic E-state index is 0.110. The number of benzene rings is 2. The number of anilines is 1. The molecule has 0 spiro atoms. The third-order valence-corrected chi connectivity index (χ3v) is 5.16. The van der Waals surface area contributed by atoms with E-state index >= 15 is 0 Å². The Morgan fingerprint density at radius 2 is 1.93 bits per heavy atom. The van der Waals surface area contributed by atoms with Crippen molar-refractivity contribution < 1.29 is 22.7 Å². The van der Waals surface area contributed by atoms with Crippen LogP contribution in [0.2, 0.25) is 5.02 Å². The first-order valence-corrected chi connectivity index (χ1v) is 9.72. The number of hydrogen-bond acceptors (Lipinski definition) is 3. The molecule has 0 radical (unpaired) electrons. The Hall–Kier alpha value is -2.09. The number of carbonyl (C=O) groups excluding carboxylic acids is 1. The van der Waals surface area contributed by atoms with Gasteiger partial charge in [0.1, 0.15) is 0 Å². The molecule has 4 nitrogen and oxygen atoms in total. The highest BCUT2D eigenvalue weighted by Crippen LogP contribution is 2.35.